The lowest BCUT2D eigenvalue weighted by Gasteiger charge is -2.22. The molecule has 3 nitrogen and oxygen atoms in total. The lowest BCUT2D eigenvalue weighted by Crippen LogP contribution is -2.31. The van der Waals surface area contributed by atoms with Crippen molar-refractivity contribution in [2.24, 2.45) is 5.73 Å². The smallest absolute Gasteiger partial charge is 0.161 e. The van der Waals surface area contributed by atoms with Crippen molar-refractivity contribution in [1.29, 1.82) is 0 Å². The monoisotopic (exact) mass is 275 g/mol. The molecule has 3 rings (SSSR count). The number of nitrogens with two attached hydrogens (primary N) is 1. The first kappa shape index (κ1) is 13.7. The molecule has 0 bridgehead atoms. The van der Waals surface area contributed by atoms with Crippen LogP contribution in [-0.4, -0.2) is 19.3 Å². The average Bonchev–Trinajstić information content (AvgIpc) is 3.12. The molecule has 0 heterocycles. The van der Waals surface area contributed by atoms with Gasteiger partial charge in [0.25, 0.3) is 0 Å². The summed E-state index contributed by atoms with van der Waals surface area (Å²) in [6.45, 7) is 2.10. The molecular formula is C17H25NO2. The van der Waals surface area contributed by atoms with E-state index in [2.05, 4.69) is 25.1 Å². The van der Waals surface area contributed by atoms with Crippen molar-refractivity contribution in [3.05, 3.63) is 23.8 Å². The van der Waals surface area contributed by atoms with Crippen LogP contribution in [0.2, 0.25) is 0 Å². The minimum atomic E-state index is 0.166. The topological polar surface area (TPSA) is 44.5 Å². The number of hydrogen-bond donors (Lipinski definition) is 1. The van der Waals surface area contributed by atoms with Crippen molar-refractivity contribution in [3.63, 3.8) is 0 Å². The fraction of sp³-hybridized carbons (Fsp3) is 0.647. The minimum absolute atomic E-state index is 0.166. The van der Waals surface area contributed by atoms with E-state index in [4.69, 9.17) is 15.2 Å². The Balaban J connectivity index is 1.82. The summed E-state index contributed by atoms with van der Waals surface area (Å²) in [5.41, 5.74) is 7.61. The molecule has 2 fully saturated rings. The van der Waals surface area contributed by atoms with Crippen LogP contribution in [0.3, 0.4) is 0 Å². The SMILES string of the molecule is COc1cc(C2(C(C)N)CC2)ccc1OC1CCCC1. The van der Waals surface area contributed by atoms with Crippen LogP contribution in [-0.2, 0) is 5.41 Å². The van der Waals surface area contributed by atoms with E-state index in [0.717, 1.165) is 24.3 Å². The van der Waals surface area contributed by atoms with E-state index < -0.39 is 0 Å². The highest BCUT2D eigenvalue weighted by Crippen LogP contribution is 2.51. The first-order valence-corrected chi connectivity index (χ1v) is 7.76. The Bertz CT molecular complexity index is 474. The molecular weight excluding hydrogens is 250 g/mol. The van der Waals surface area contributed by atoms with Crippen molar-refractivity contribution in [2.75, 3.05) is 7.11 Å². The lowest BCUT2D eigenvalue weighted by molar-refractivity contribution is 0.200. The number of ether oxygens (including phenoxy) is 2. The predicted octanol–water partition coefficient (Wildman–Crippen LogP) is 3.40. The molecule has 1 aromatic rings. The van der Waals surface area contributed by atoms with Crippen LogP contribution in [0.1, 0.15) is 51.0 Å². The molecule has 0 aromatic heterocycles. The number of hydrogen-bond acceptors (Lipinski definition) is 3. The average molecular weight is 275 g/mol. The molecule has 1 unspecified atom stereocenters. The van der Waals surface area contributed by atoms with Crippen LogP contribution in [0.25, 0.3) is 0 Å². The van der Waals surface area contributed by atoms with Gasteiger partial charge in [-0.15, -0.1) is 0 Å². The van der Waals surface area contributed by atoms with Crippen molar-refractivity contribution >= 4 is 0 Å². The molecule has 1 aromatic carbocycles. The van der Waals surface area contributed by atoms with Crippen molar-refractivity contribution in [2.45, 2.75) is 63.0 Å². The van der Waals surface area contributed by atoms with Crippen molar-refractivity contribution < 1.29 is 9.47 Å². The molecule has 2 aliphatic rings. The van der Waals surface area contributed by atoms with E-state index >= 15 is 0 Å². The first-order chi connectivity index (χ1) is 9.65. The molecule has 0 saturated heterocycles. The fourth-order valence-corrected chi connectivity index (χ4v) is 3.40. The second-order valence-electron chi connectivity index (χ2n) is 6.33. The zero-order chi connectivity index (χ0) is 14.2. The summed E-state index contributed by atoms with van der Waals surface area (Å²) >= 11 is 0. The molecule has 2 aliphatic carbocycles. The molecule has 20 heavy (non-hydrogen) atoms. The van der Waals surface area contributed by atoms with E-state index in [1.807, 2.05) is 0 Å². The van der Waals surface area contributed by atoms with Crippen LogP contribution in [0, 0.1) is 0 Å². The number of benzene rings is 1. The van der Waals surface area contributed by atoms with Crippen LogP contribution in [0.15, 0.2) is 18.2 Å². The van der Waals surface area contributed by atoms with E-state index in [1.54, 1.807) is 7.11 Å². The number of rotatable bonds is 5. The Hall–Kier alpha value is -1.22. The molecule has 0 radical (unpaired) electrons. The van der Waals surface area contributed by atoms with Gasteiger partial charge >= 0.3 is 0 Å². The molecule has 2 saturated carbocycles. The normalized spacial score (nSPS) is 22.6. The van der Waals surface area contributed by atoms with Crippen molar-refractivity contribution in [1.82, 2.24) is 0 Å². The minimum Gasteiger partial charge on any atom is -0.493 e. The summed E-state index contributed by atoms with van der Waals surface area (Å²) in [5.74, 6) is 1.73. The van der Waals surface area contributed by atoms with Gasteiger partial charge in [-0.1, -0.05) is 6.07 Å². The van der Waals surface area contributed by atoms with Crippen LogP contribution >= 0.6 is 0 Å². The molecule has 2 N–H and O–H groups in total. The summed E-state index contributed by atoms with van der Waals surface area (Å²) in [5, 5.41) is 0. The van der Waals surface area contributed by atoms with Gasteiger partial charge in [-0.05, 0) is 63.1 Å². The quantitative estimate of drug-likeness (QED) is 0.895. The highest BCUT2D eigenvalue weighted by molar-refractivity contribution is 5.47. The summed E-state index contributed by atoms with van der Waals surface area (Å²) in [4.78, 5) is 0. The third-order valence-corrected chi connectivity index (χ3v) is 4.99. The van der Waals surface area contributed by atoms with Gasteiger partial charge in [-0.3, -0.25) is 0 Å². The Morgan fingerprint density at radius 1 is 1.20 bits per heavy atom. The summed E-state index contributed by atoms with van der Waals surface area (Å²) in [6, 6.07) is 6.55. The maximum atomic E-state index is 6.15. The maximum absolute atomic E-state index is 6.15. The molecule has 110 valence electrons. The Kier molecular flexibility index (Phi) is 3.63. The van der Waals surface area contributed by atoms with Crippen LogP contribution in [0.5, 0.6) is 11.5 Å². The third-order valence-electron chi connectivity index (χ3n) is 4.99. The van der Waals surface area contributed by atoms with Gasteiger partial charge in [0.1, 0.15) is 0 Å². The molecule has 1 atom stereocenters. The third kappa shape index (κ3) is 2.39. The van der Waals surface area contributed by atoms with E-state index in [0.29, 0.717) is 6.10 Å². The van der Waals surface area contributed by atoms with Crippen LogP contribution < -0.4 is 15.2 Å². The predicted molar refractivity (Wildman–Crippen MR) is 80.4 cm³/mol. The Morgan fingerprint density at radius 2 is 1.90 bits per heavy atom. The fourth-order valence-electron chi connectivity index (χ4n) is 3.40. The van der Waals surface area contributed by atoms with Gasteiger partial charge in [-0.2, -0.15) is 0 Å². The molecule has 0 aliphatic heterocycles. The summed E-state index contributed by atoms with van der Waals surface area (Å²) < 4.78 is 11.6. The first-order valence-electron chi connectivity index (χ1n) is 7.76. The standard InChI is InChI=1S/C17H25NO2/c1-12(18)17(9-10-17)13-7-8-15(16(11-13)19-2)20-14-5-3-4-6-14/h7-8,11-12,14H,3-6,9-10,18H2,1-2H3. The van der Waals surface area contributed by atoms with Gasteiger partial charge in [0.2, 0.25) is 0 Å². The molecule has 0 amide bonds. The maximum Gasteiger partial charge on any atom is 0.161 e. The molecule has 0 spiro atoms. The van der Waals surface area contributed by atoms with E-state index in [1.165, 1.54) is 31.2 Å². The van der Waals surface area contributed by atoms with E-state index in [-0.39, 0.29) is 11.5 Å². The number of methoxy groups -OCH3 is 1. The van der Waals surface area contributed by atoms with Crippen molar-refractivity contribution in [3.8, 4) is 11.5 Å². The van der Waals surface area contributed by atoms with Gasteiger partial charge in [0, 0.05) is 11.5 Å². The highest BCUT2D eigenvalue weighted by atomic mass is 16.5. The molecule has 3 heteroatoms. The summed E-state index contributed by atoms with van der Waals surface area (Å²) in [7, 11) is 1.71. The van der Waals surface area contributed by atoms with Gasteiger partial charge in [-0.25, -0.2) is 0 Å². The van der Waals surface area contributed by atoms with Gasteiger partial charge in [0.05, 0.1) is 13.2 Å². The second-order valence-corrected chi connectivity index (χ2v) is 6.33. The van der Waals surface area contributed by atoms with Gasteiger partial charge in [0.15, 0.2) is 11.5 Å². The lowest BCUT2D eigenvalue weighted by atomic mass is 9.89. The Labute approximate surface area is 121 Å². The second kappa shape index (κ2) is 5.28. The van der Waals surface area contributed by atoms with Gasteiger partial charge < -0.3 is 15.2 Å². The largest absolute Gasteiger partial charge is 0.493 e. The van der Waals surface area contributed by atoms with E-state index in [9.17, 15) is 0 Å². The zero-order valence-corrected chi connectivity index (χ0v) is 12.5. The highest BCUT2D eigenvalue weighted by Gasteiger charge is 2.47. The van der Waals surface area contributed by atoms with Crippen LogP contribution in [0.4, 0.5) is 0 Å². The zero-order valence-electron chi connectivity index (χ0n) is 12.5. The summed E-state index contributed by atoms with van der Waals surface area (Å²) in [6.07, 6.45) is 7.59. The Morgan fingerprint density at radius 3 is 2.45 bits per heavy atom.